The number of rotatable bonds is 4. The fourth-order valence-corrected chi connectivity index (χ4v) is 2.01. The third kappa shape index (κ3) is 5.90. The van der Waals surface area contributed by atoms with Crippen LogP contribution in [0.15, 0.2) is 4.99 Å². The molecule has 0 heterocycles. The Labute approximate surface area is 122 Å². The summed E-state index contributed by atoms with van der Waals surface area (Å²) in [7, 11) is 1.75. The third-order valence-electron chi connectivity index (χ3n) is 2.95. The van der Waals surface area contributed by atoms with Crippen molar-refractivity contribution in [3.8, 4) is 0 Å². The quantitative estimate of drug-likeness (QED) is 0.461. The first-order valence-corrected chi connectivity index (χ1v) is 5.94. The highest BCUT2D eigenvalue weighted by atomic mass is 127. The normalized spacial score (nSPS) is 19.2. The van der Waals surface area contributed by atoms with Gasteiger partial charge in [0.25, 0.3) is 0 Å². The van der Waals surface area contributed by atoms with Gasteiger partial charge in [0.05, 0.1) is 13.2 Å². The fourth-order valence-electron chi connectivity index (χ4n) is 2.01. The van der Waals surface area contributed by atoms with Crippen LogP contribution in [-0.4, -0.2) is 31.8 Å². The Morgan fingerprint density at radius 2 is 2.00 bits per heavy atom. The summed E-state index contributed by atoms with van der Waals surface area (Å²) in [5.41, 5.74) is 6.06. The summed E-state index contributed by atoms with van der Waals surface area (Å²) in [6, 6.07) is 0. The Morgan fingerprint density at radius 3 is 2.35 bits per heavy atom. The molecule has 1 aliphatic rings. The monoisotopic (exact) mass is 355 g/mol. The average molecular weight is 355 g/mol. The van der Waals surface area contributed by atoms with E-state index < -0.39 is 0 Å². The molecular weight excluding hydrogens is 329 g/mol. The van der Waals surface area contributed by atoms with Gasteiger partial charge in [-0.25, -0.2) is 0 Å². The minimum Gasteiger partial charge on any atom is -0.384 e. The minimum absolute atomic E-state index is 0. The number of halogens is 1. The molecule has 0 aliphatic heterocycles. The van der Waals surface area contributed by atoms with Gasteiger partial charge in [0, 0.05) is 18.1 Å². The summed E-state index contributed by atoms with van der Waals surface area (Å²) in [5.74, 6) is 0.537. The van der Waals surface area contributed by atoms with Crippen molar-refractivity contribution in [2.24, 2.45) is 16.1 Å². The second-order valence-corrected chi connectivity index (χ2v) is 5.86. The number of nitrogens with zero attached hydrogens (tertiary/aromatic N) is 1. The van der Waals surface area contributed by atoms with Crippen LogP contribution in [0.3, 0.4) is 0 Å². The Balaban J connectivity index is 0.00000256. The predicted molar refractivity (Wildman–Crippen MR) is 83.0 cm³/mol. The second kappa shape index (κ2) is 6.78. The topological polar surface area (TPSA) is 59.6 Å². The van der Waals surface area contributed by atoms with Gasteiger partial charge >= 0.3 is 0 Å². The zero-order valence-electron chi connectivity index (χ0n) is 11.4. The number of nitrogens with one attached hydrogen (secondary N) is 1. The Morgan fingerprint density at radius 1 is 1.41 bits per heavy atom. The molecular formula is C12H26IN3O. The van der Waals surface area contributed by atoms with Crippen LogP contribution in [-0.2, 0) is 4.74 Å². The van der Waals surface area contributed by atoms with Crippen LogP contribution in [0.1, 0.15) is 40.0 Å². The van der Waals surface area contributed by atoms with E-state index in [1.165, 1.54) is 19.3 Å². The Bertz CT molecular complexity index is 257. The van der Waals surface area contributed by atoms with Crippen molar-refractivity contribution in [3.05, 3.63) is 0 Å². The summed E-state index contributed by atoms with van der Waals surface area (Å²) in [4.78, 5) is 4.43. The van der Waals surface area contributed by atoms with Crippen molar-refractivity contribution >= 4 is 29.9 Å². The van der Waals surface area contributed by atoms with Gasteiger partial charge in [-0.2, -0.15) is 0 Å². The van der Waals surface area contributed by atoms with Crippen LogP contribution >= 0.6 is 24.0 Å². The number of aliphatic imine (C=N–C) groups is 1. The molecule has 1 fully saturated rings. The van der Waals surface area contributed by atoms with Crippen molar-refractivity contribution in [1.29, 1.82) is 0 Å². The number of nitrogens with two attached hydrogens (primary N) is 1. The summed E-state index contributed by atoms with van der Waals surface area (Å²) in [5, 5.41) is 3.17. The number of methoxy groups -OCH3 is 1. The molecule has 17 heavy (non-hydrogen) atoms. The molecule has 0 atom stereocenters. The van der Waals surface area contributed by atoms with Gasteiger partial charge in [-0.05, 0) is 33.6 Å². The first-order valence-electron chi connectivity index (χ1n) is 5.94. The van der Waals surface area contributed by atoms with E-state index in [0.717, 1.165) is 13.2 Å². The molecule has 0 spiro atoms. The van der Waals surface area contributed by atoms with E-state index in [1.807, 2.05) is 0 Å². The molecule has 0 bridgehead atoms. The maximum atomic E-state index is 5.84. The fraction of sp³-hybridized carbons (Fsp3) is 0.917. The van der Waals surface area contributed by atoms with E-state index in [0.29, 0.717) is 5.96 Å². The predicted octanol–water partition coefficient (Wildman–Crippen LogP) is 2.12. The van der Waals surface area contributed by atoms with Crippen LogP contribution in [0.4, 0.5) is 0 Å². The standard InChI is InChI=1S/C12H25N3O.HI/c1-11(2,3)15-10(13)14-8-12(9-16-4)6-5-7-12;/h5-9H2,1-4H3,(H3,13,14,15);1H. The van der Waals surface area contributed by atoms with Crippen molar-refractivity contribution < 1.29 is 4.74 Å². The van der Waals surface area contributed by atoms with Gasteiger partial charge in [-0.15, -0.1) is 24.0 Å². The summed E-state index contributed by atoms with van der Waals surface area (Å²) < 4.78 is 5.25. The highest BCUT2D eigenvalue weighted by Crippen LogP contribution is 2.41. The van der Waals surface area contributed by atoms with Crippen molar-refractivity contribution in [3.63, 3.8) is 0 Å². The van der Waals surface area contributed by atoms with Gasteiger partial charge in [0.2, 0.25) is 0 Å². The molecule has 0 aromatic carbocycles. The zero-order chi connectivity index (χ0) is 12.2. The molecule has 0 unspecified atom stereocenters. The molecule has 1 aliphatic carbocycles. The SMILES string of the molecule is COCC1(CN=C(N)NC(C)(C)C)CCC1.I. The molecule has 102 valence electrons. The number of hydrogen-bond acceptors (Lipinski definition) is 2. The van der Waals surface area contributed by atoms with E-state index in [1.54, 1.807) is 7.11 Å². The molecule has 0 aromatic rings. The van der Waals surface area contributed by atoms with Gasteiger partial charge in [-0.3, -0.25) is 4.99 Å². The highest BCUT2D eigenvalue weighted by Gasteiger charge is 2.36. The van der Waals surface area contributed by atoms with Gasteiger partial charge in [0.1, 0.15) is 0 Å². The minimum atomic E-state index is -0.0262. The van der Waals surface area contributed by atoms with Gasteiger partial charge in [-0.1, -0.05) is 6.42 Å². The molecule has 0 saturated heterocycles. The first kappa shape index (κ1) is 17.0. The molecule has 0 amide bonds. The molecule has 1 saturated carbocycles. The van der Waals surface area contributed by atoms with Crippen molar-refractivity contribution in [2.45, 2.75) is 45.6 Å². The van der Waals surface area contributed by atoms with Crippen LogP contribution in [0, 0.1) is 5.41 Å². The summed E-state index contributed by atoms with van der Waals surface area (Å²) in [6.07, 6.45) is 3.69. The molecule has 5 heteroatoms. The summed E-state index contributed by atoms with van der Waals surface area (Å²) >= 11 is 0. The molecule has 4 nitrogen and oxygen atoms in total. The zero-order valence-corrected chi connectivity index (χ0v) is 13.7. The maximum absolute atomic E-state index is 5.84. The lowest BCUT2D eigenvalue weighted by molar-refractivity contribution is 0.0252. The van der Waals surface area contributed by atoms with E-state index >= 15 is 0 Å². The van der Waals surface area contributed by atoms with E-state index in [-0.39, 0.29) is 34.9 Å². The van der Waals surface area contributed by atoms with E-state index in [2.05, 4.69) is 31.1 Å². The Kier molecular flexibility index (Phi) is 6.76. The molecule has 3 N–H and O–H groups in total. The average Bonchev–Trinajstić information content (AvgIpc) is 2.06. The molecule has 1 rings (SSSR count). The van der Waals surface area contributed by atoms with Crippen LogP contribution in [0.2, 0.25) is 0 Å². The van der Waals surface area contributed by atoms with Crippen LogP contribution < -0.4 is 11.1 Å². The highest BCUT2D eigenvalue weighted by molar-refractivity contribution is 14.0. The third-order valence-corrected chi connectivity index (χ3v) is 2.95. The lowest BCUT2D eigenvalue weighted by Gasteiger charge is -2.40. The largest absolute Gasteiger partial charge is 0.384 e. The molecule has 0 aromatic heterocycles. The van der Waals surface area contributed by atoms with Gasteiger partial charge in [0.15, 0.2) is 5.96 Å². The summed E-state index contributed by atoms with van der Waals surface area (Å²) in [6.45, 7) is 7.78. The number of ether oxygens (including phenoxy) is 1. The van der Waals surface area contributed by atoms with Crippen molar-refractivity contribution in [1.82, 2.24) is 5.32 Å². The van der Waals surface area contributed by atoms with E-state index in [9.17, 15) is 0 Å². The van der Waals surface area contributed by atoms with Crippen LogP contribution in [0.25, 0.3) is 0 Å². The van der Waals surface area contributed by atoms with Crippen LogP contribution in [0.5, 0.6) is 0 Å². The lowest BCUT2D eigenvalue weighted by atomic mass is 9.69. The van der Waals surface area contributed by atoms with E-state index in [4.69, 9.17) is 10.5 Å². The lowest BCUT2D eigenvalue weighted by Crippen LogP contribution is -2.46. The Hall–Kier alpha value is -0.0400. The van der Waals surface area contributed by atoms with Crippen molar-refractivity contribution in [2.75, 3.05) is 20.3 Å². The maximum Gasteiger partial charge on any atom is 0.189 e. The van der Waals surface area contributed by atoms with Gasteiger partial charge < -0.3 is 15.8 Å². The number of hydrogen-bond donors (Lipinski definition) is 2. The first-order chi connectivity index (χ1) is 7.37. The molecule has 0 radical (unpaired) electrons. The number of guanidine groups is 1. The smallest absolute Gasteiger partial charge is 0.189 e. The second-order valence-electron chi connectivity index (χ2n) is 5.86.